The van der Waals surface area contributed by atoms with E-state index in [1.54, 1.807) is 33.7 Å². The third-order valence-electron chi connectivity index (χ3n) is 5.13. The summed E-state index contributed by atoms with van der Waals surface area (Å²) in [5, 5.41) is 0. The zero-order valence-corrected chi connectivity index (χ0v) is 17.2. The number of pyridine rings is 2. The van der Waals surface area contributed by atoms with E-state index in [1.807, 2.05) is 66.7 Å². The summed E-state index contributed by atoms with van der Waals surface area (Å²) in [4.78, 5) is 24.3. The second kappa shape index (κ2) is 9.76. The number of aromatic nitrogens is 2. The van der Waals surface area contributed by atoms with Crippen molar-refractivity contribution in [2.45, 2.75) is 26.1 Å². The van der Waals surface area contributed by atoms with E-state index in [9.17, 15) is 9.59 Å². The molecule has 0 spiro atoms. The molecule has 0 bridgehead atoms. The molecule has 2 aromatic carbocycles. The summed E-state index contributed by atoms with van der Waals surface area (Å²) in [5.74, 6) is 0.575. The standard InChI is InChI=1S/C26H24N2O3/c29-25-8-4-5-15-28(25)19-22-11-9-21(10-12-22)13-16-27-17-14-24(18-26(27)30)31-20-23-6-2-1-3-7-23/h1-12,14-15,17-18H,13,16,19-20H2. The maximum atomic E-state index is 12.4. The summed E-state index contributed by atoms with van der Waals surface area (Å²) < 4.78 is 9.09. The molecule has 0 aliphatic heterocycles. The predicted molar refractivity (Wildman–Crippen MR) is 121 cm³/mol. The molecule has 5 nitrogen and oxygen atoms in total. The van der Waals surface area contributed by atoms with Gasteiger partial charge in [0.1, 0.15) is 12.4 Å². The van der Waals surface area contributed by atoms with Crippen LogP contribution in [0.15, 0.2) is 107 Å². The Kier molecular flexibility index (Phi) is 6.43. The molecule has 0 saturated heterocycles. The summed E-state index contributed by atoms with van der Waals surface area (Å²) in [6.07, 6.45) is 4.31. The maximum Gasteiger partial charge on any atom is 0.254 e. The summed E-state index contributed by atoms with van der Waals surface area (Å²) in [5.41, 5.74) is 3.18. The van der Waals surface area contributed by atoms with E-state index in [1.165, 1.54) is 6.07 Å². The average molecular weight is 412 g/mol. The van der Waals surface area contributed by atoms with Crippen molar-refractivity contribution in [3.8, 4) is 5.75 Å². The van der Waals surface area contributed by atoms with Crippen molar-refractivity contribution in [2.75, 3.05) is 0 Å². The number of rotatable bonds is 8. The van der Waals surface area contributed by atoms with Crippen LogP contribution in [-0.4, -0.2) is 9.13 Å². The van der Waals surface area contributed by atoms with Gasteiger partial charge in [-0.3, -0.25) is 9.59 Å². The van der Waals surface area contributed by atoms with Gasteiger partial charge in [0.15, 0.2) is 0 Å². The van der Waals surface area contributed by atoms with Crippen LogP contribution in [0.25, 0.3) is 0 Å². The molecule has 4 rings (SSSR count). The van der Waals surface area contributed by atoms with Gasteiger partial charge in [0.25, 0.3) is 11.1 Å². The van der Waals surface area contributed by atoms with Gasteiger partial charge in [0, 0.05) is 31.1 Å². The number of aryl methyl sites for hydroxylation is 2. The first kappa shape index (κ1) is 20.4. The van der Waals surface area contributed by atoms with Crippen LogP contribution in [-0.2, 0) is 26.1 Å². The molecule has 156 valence electrons. The lowest BCUT2D eigenvalue weighted by molar-refractivity contribution is 0.305. The number of hydrogen-bond donors (Lipinski definition) is 0. The number of hydrogen-bond acceptors (Lipinski definition) is 3. The van der Waals surface area contributed by atoms with Crippen LogP contribution in [0.5, 0.6) is 5.75 Å². The Balaban J connectivity index is 1.33. The number of benzene rings is 2. The summed E-state index contributed by atoms with van der Waals surface area (Å²) >= 11 is 0. The van der Waals surface area contributed by atoms with Gasteiger partial charge in [-0.1, -0.05) is 60.7 Å². The maximum absolute atomic E-state index is 12.4. The molecule has 0 aliphatic rings. The molecule has 0 amide bonds. The van der Waals surface area contributed by atoms with Gasteiger partial charge in [-0.15, -0.1) is 0 Å². The van der Waals surface area contributed by atoms with Crippen molar-refractivity contribution >= 4 is 0 Å². The lowest BCUT2D eigenvalue weighted by Gasteiger charge is -2.10. The van der Waals surface area contributed by atoms with E-state index < -0.39 is 0 Å². The fourth-order valence-corrected chi connectivity index (χ4v) is 3.35. The van der Waals surface area contributed by atoms with E-state index in [0.717, 1.165) is 23.1 Å². The van der Waals surface area contributed by atoms with Crippen LogP contribution in [0.4, 0.5) is 0 Å². The van der Waals surface area contributed by atoms with Crippen molar-refractivity contribution < 1.29 is 4.74 Å². The smallest absolute Gasteiger partial charge is 0.254 e. The Labute approximate surface area is 180 Å². The van der Waals surface area contributed by atoms with Gasteiger partial charge in [-0.05, 0) is 35.2 Å². The first-order chi connectivity index (χ1) is 15.2. The SMILES string of the molecule is O=c1cc(OCc2ccccc2)ccn1CCc1ccc(Cn2ccccc2=O)cc1. The van der Waals surface area contributed by atoms with E-state index >= 15 is 0 Å². The van der Waals surface area contributed by atoms with E-state index in [-0.39, 0.29) is 11.1 Å². The first-order valence-corrected chi connectivity index (χ1v) is 10.3. The Morgan fingerprint density at radius 2 is 1.39 bits per heavy atom. The molecule has 0 unspecified atom stereocenters. The van der Waals surface area contributed by atoms with Crippen molar-refractivity contribution in [3.63, 3.8) is 0 Å². The second-order valence-electron chi connectivity index (χ2n) is 7.40. The molecular weight excluding hydrogens is 388 g/mol. The Hall–Kier alpha value is -3.86. The topological polar surface area (TPSA) is 53.2 Å². The molecule has 0 saturated carbocycles. The first-order valence-electron chi connectivity index (χ1n) is 10.3. The molecule has 5 heteroatoms. The van der Waals surface area contributed by atoms with Crippen LogP contribution in [0.2, 0.25) is 0 Å². The van der Waals surface area contributed by atoms with Gasteiger partial charge in [-0.25, -0.2) is 0 Å². The number of nitrogens with zero attached hydrogens (tertiary/aromatic N) is 2. The van der Waals surface area contributed by atoms with Gasteiger partial charge in [-0.2, -0.15) is 0 Å². The van der Waals surface area contributed by atoms with E-state index in [2.05, 4.69) is 0 Å². The normalized spacial score (nSPS) is 10.7. The quantitative estimate of drug-likeness (QED) is 0.441. The lowest BCUT2D eigenvalue weighted by atomic mass is 10.1. The lowest BCUT2D eigenvalue weighted by Crippen LogP contribution is -2.20. The van der Waals surface area contributed by atoms with Gasteiger partial charge in [0.2, 0.25) is 0 Å². The zero-order chi connectivity index (χ0) is 21.5. The Morgan fingerprint density at radius 3 is 2.13 bits per heavy atom. The zero-order valence-electron chi connectivity index (χ0n) is 17.2. The molecule has 0 fully saturated rings. The molecule has 2 aromatic heterocycles. The van der Waals surface area contributed by atoms with Crippen molar-refractivity contribution in [1.82, 2.24) is 9.13 Å². The minimum Gasteiger partial charge on any atom is -0.489 e. The Morgan fingerprint density at radius 1 is 0.645 bits per heavy atom. The fraction of sp³-hybridized carbons (Fsp3) is 0.154. The van der Waals surface area contributed by atoms with Crippen molar-refractivity contribution in [1.29, 1.82) is 0 Å². The van der Waals surface area contributed by atoms with Crippen LogP contribution in [0.3, 0.4) is 0 Å². The molecule has 0 radical (unpaired) electrons. The minimum absolute atomic E-state index is 0.0119. The highest BCUT2D eigenvalue weighted by Crippen LogP contribution is 2.11. The molecular formula is C26H24N2O3. The number of ether oxygens (including phenoxy) is 1. The van der Waals surface area contributed by atoms with Crippen molar-refractivity contribution in [3.05, 3.63) is 135 Å². The second-order valence-corrected chi connectivity index (χ2v) is 7.40. The highest BCUT2D eigenvalue weighted by molar-refractivity contribution is 5.24. The molecule has 4 aromatic rings. The minimum atomic E-state index is -0.0781. The van der Waals surface area contributed by atoms with Crippen LogP contribution in [0, 0.1) is 0 Å². The van der Waals surface area contributed by atoms with E-state index in [4.69, 9.17) is 4.74 Å². The molecule has 2 heterocycles. The monoisotopic (exact) mass is 412 g/mol. The highest BCUT2D eigenvalue weighted by Gasteiger charge is 2.03. The van der Waals surface area contributed by atoms with E-state index in [0.29, 0.717) is 25.4 Å². The molecule has 0 atom stereocenters. The van der Waals surface area contributed by atoms with Gasteiger partial charge >= 0.3 is 0 Å². The Bertz CT molecular complexity index is 1240. The van der Waals surface area contributed by atoms with Crippen LogP contribution in [0.1, 0.15) is 16.7 Å². The molecule has 0 aliphatic carbocycles. The largest absolute Gasteiger partial charge is 0.489 e. The highest BCUT2D eigenvalue weighted by atomic mass is 16.5. The van der Waals surface area contributed by atoms with Crippen LogP contribution < -0.4 is 15.9 Å². The fourth-order valence-electron chi connectivity index (χ4n) is 3.35. The molecule has 0 N–H and O–H groups in total. The average Bonchev–Trinajstić information content (AvgIpc) is 2.80. The van der Waals surface area contributed by atoms with Gasteiger partial charge < -0.3 is 13.9 Å². The predicted octanol–water partition coefficient (Wildman–Crippen LogP) is 3.88. The summed E-state index contributed by atoms with van der Waals surface area (Å²) in [6, 6.07) is 26.5. The summed E-state index contributed by atoms with van der Waals surface area (Å²) in [6.45, 7) is 1.57. The third kappa shape index (κ3) is 5.60. The molecule has 31 heavy (non-hydrogen) atoms. The van der Waals surface area contributed by atoms with Gasteiger partial charge in [0.05, 0.1) is 6.54 Å². The summed E-state index contributed by atoms with van der Waals surface area (Å²) in [7, 11) is 0. The van der Waals surface area contributed by atoms with Crippen molar-refractivity contribution in [2.24, 2.45) is 0 Å². The third-order valence-corrected chi connectivity index (χ3v) is 5.13. The van der Waals surface area contributed by atoms with Crippen LogP contribution >= 0.6 is 0 Å².